The second kappa shape index (κ2) is 8.25. The number of nitrogens with zero attached hydrogens (tertiary/aromatic N) is 1. The first-order valence-electron chi connectivity index (χ1n) is 7.38. The molecule has 0 N–H and O–H groups in total. The molecule has 0 saturated carbocycles. The van der Waals surface area contributed by atoms with Gasteiger partial charge in [0.15, 0.2) is 0 Å². The van der Waals surface area contributed by atoms with Crippen LogP contribution in [0.4, 0.5) is 0 Å². The second-order valence-electron chi connectivity index (χ2n) is 5.27. The number of hydrogen-bond donors (Lipinski definition) is 0. The Hall–Kier alpha value is -1.26. The predicted molar refractivity (Wildman–Crippen MR) is 82.8 cm³/mol. The summed E-state index contributed by atoms with van der Waals surface area (Å²) < 4.78 is 10.5. The monoisotopic (exact) mass is 311 g/mol. The predicted octanol–water partition coefficient (Wildman–Crippen LogP) is 3.14. The molecule has 0 bridgehead atoms. The Kier molecular flexibility index (Phi) is 6.33. The van der Waals surface area contributed by atoms with Crippen LogP contribution in [0.2, 0.25) is 5.02 Å². The fourth-order valence-electron chi connectivity index (χ4n) is 2.70. The van der Waals surface area contributed by atoms with Crippen LogP contribution in [0, 0.1) is 0 Å². The van der Waals surface area contributed by atoms with Crippen molar-refractivity contribution >= 4 is 17.6 Å². The lowest BCUT2D eigenvalue weighted by Gasteiger charge is -2.34. The van der Waals surface area contributed by atoms with Crippen LogP contribution in [0.5, 0.6) is 5.75 Å². The summed E-state index contributed by atoms with van der Waals surface area (Å²) in [6.07, 6.45) is 3.86. The average molecular weight is 312 g/mol. The molecule has 1 aromatic rings. The number of methoxy groups -OCH3 is 1. The van der Waals surface area contributed by atoms with Gasteiger partial charge in [-0.25, -0.2) is 0 Å². The van der Waals surface area contributed by atoms with Crippen LogP contribution in [-0.4, -0.2) is 43.7 Å². The van der Waals surface area contributed by atoms with E-state index in [2.05, 4.69) is 4.90 Å². The number of piperidine rings is 1. The van der Waals surface area contributed by atoms with Gasteiger partial charge >= 0.3 is 5.97 Å². The normalized spacial score (nSPS) is 19.2. The summed E-state index contributed by atoms with van der Waals surface area (Å²) in [5, 5.41) is 0.675. The minimum atomic E-state index is -0.136. The fraction of sp³-hybridized carbons (Fsp3) is 0.562. The van der Waals surface area contributed by atoms with Crippen LogP contribution in [0.1, 0.15) is 25.7 Å². The Balaban J connectivity index is 1.80. The van der Waals surface area contributed by atoms with E-state index in [9.17, 15) is 4.79 Å². The van der Waals surface area contributed by atoms with Crippen LogP contribution < -0.4 is 4.74 Å². The smallest absolute Gasteiger partial charge is 0.307 e. The van der Waals surface area contributed by atoms with E-state index in [4.69, 9.17) is 21.1 Å². The van der Waals surface area contributed by atoms with E-state index in [-0.39, 0.29) is 12.0 Å². The largest absolute Gasteiger partial charge is 0.492 e. The zero-order chi connectivity index (χ0) is 15.1. The summed E-state index contributed by atoms with van der Waals surface area (Å²) in [5.74, 6) is 0.645. The molecule has 5 heteroatoms. The number of carbonyl (C=O) groups is 1. The lowest BCUT2D eigenvalue weighted by Crippen LogP contribution is -2.43. The third-order valence-corrected chi connectivity index (χ3v) is 4.06. The quantitative estimate of drug-likeness (QED) is 0.757. The van der Waals surface area contributed by atoms with Crippen LogP contribution in [0.15, 0.2) is 24.3 Å². The van der Waals surface area contributed by atoms with Gasteiger partial charge in [-0.2, -0.15) is 0 Å². The van der Waals surface area contributed by atoms with E-state index in [0.717, 1.165) is 25.3 Å². The number of ether oxygens (including phenoxy) is 2. The van der Waals surface area contributed by atoms with Crippen molar-refractivity contribution in [3.8, 4) is 5.75 Å². The fourth-order valence-corrected chi connectivity index (χ4v) is 2.88. The Bertz CT molecular complexity index is 467. The summed E-state index contributed by atoms with van der Waals surface area (Å²) in [4.78, 5) is 13.8. The number of likely N-dealkylation sites (tertiary alicyclic amines) is 1. The molecule has 0 aliphatic carbocycles. The van der Waals surface area contributed by atoms with Gasteiger partial charge in [0.25, 0.3) is 0 Å². The average Bonchev–Trinajstić information content (AvgIpc) is 2.49. The van der Waals surface area contributed by atoms with Gasteiger partial charge in [-0.3, -0.25) is 9.69 Å². The van der Waals surface area contributed by atoms with Crippen molar-refractivity contribution in [2.45, 2.75) is 31.7 Å². The Morgan fingerprint density at radius 2 is 2.29 bits per heavy atom. The Morgan fingerprint density at radius 1 is 1.43 bits per heavy atom. The standard InChI is InChI=1S/C16H22ClNO3/c1-20-16(19)12-14-6-2-3-8-18(14)9-10-21-15-7-4-5-13(17)11-15/h4-5,7,11,14H,2-3,6,8-10,12H2,1H3. The van der Waals surface area contributed by atoms with Gasteiger partial charge in [0.2, 0.25) is 0 Å². The van der Waals surface area contributed by atoms with Crippen LogP contribution in [-0.2, 0) is 9.53 Å². The molecule has 1 aliphatic heterocycles. The van der Waals surface area contributed by atoms with Crippen molar-refractivity contribution in [3.05, 3.63) is 29.3 Å². The highest BCUT2D eigenvalue weighted by Gasteiger charge is 2.24. The van der Waals surface area contributed by atoms with Gasteiger partial charge in [0.05, 0.1) is 13.5 Å². The minimum Gasteiger partial charge on any atom is -0.492 e. The molecule has 1 saturated heterocycles. The third kappa shape index (κ3) is 5.21. The Morgan fingerprint density at radius 3 is 3.05 bits per heavy atom. The van der Waals surface area contributed by atoms with Crippen molar-refractivity contribution in [2.24, 2.45) is 0 Å². The van der Waals surface area contributed by atoms with Crippen molar-refractivity contribution in [1.29, 1.82) is 0 Å². The summed E-state index contributed by atoms with van der Waals surface area (Å²) in [6.45, 7) is 2.42. The van der Waals surface area contributed by atoms with E-state index in [1.165, 1.54) is 20.0 Å². The number of esters is 1. The van der Waals surface area contributed by atoms with Gasteiger partial charge in [0.1, 0.15) is 12.4 Å². The van der Waals surface area contributed by atoms with E-state index in [1.807, 2.05) is 24.3 Å². The lowest BCUT2D eigenvalue weighted by molar-refractivity contribution is -0.142. The molecule has 0 amide bonds. The van der Waals surface area contributed by atoms with Crippen LogP contribution in [0.25, 0.3) is 0 Å². The maximum absolute atomic E-state index is 11.5. The highest BCUT2D eigenvalue weighted by Crippen LogP contribution is 2.21. The lowest BCUT2D eigenvalue weighted by atomic mass is 9.99. The molecule has 1 aliphatic rings. The molecule has 0 aromatic heterocycles. The summed E-state index contributed by atoms with van der Waals surface area (Å²) >= 11 is 5.93. The van der Waals surface area contributed by atoms with E-state index in [1.54, 1.807) is 0 Å². The van der Waals surface area contributed by atoms with Gasteiger partial charge in [-0.1, -0.05) is 24.1 Å². The van der Waals surface area contributed by atoms with E-state index < -0.39 is 0 Å². The van der Waals surface area contributed by atoms with Crippen molar-refractivity contribution in [2.75, 3.05) is 26.8 Å². The molecular formula is C16H22ClNO3. The van der Waals surface area contributed by atoms with Crippen LogP contribution >= 0.6 is 11.6 Å². The van der Waals surface area contributed by atoms with Crippen LogP contribution in [0.3, 0.4) is 0 Å². The molecule has 1 heterocycles. The summed E-state index contributed by atoms with van der Waals surface area (Å²) in [5.41, 5.74) is 0. The number of carbonyl (C=O) groups excluding carboxylic acids is 1. The topological polar surface area (TPSA) is 38.8 Å². The van der Waals surface area contributed by atoms with Crippen molar-refractivity contribution < 1.29 is 14.3 Å². The van der Waals surface area contributed by atoms with Gasteiger partial charge in [-0.15, -0.1) is 0 Å². The minimum absolute atomic E-state index is 0.136. The summed E-state index contributed by atoms with van der Waals surface area (Å²) in [6, 6.07) is 7.68. The van der Waals surface area contributed by atoms with Gasteiger partial charge < -0.3 is 9.47 Å². The molecule has 21 heavy (non-hydrogen) atoms. The highest BCUT2D eigenvalue weighted by atomic mass is 35.5. The first-order chi connectivity index (χ1) is 10.2. The molecule has 2 rings (SSSR count). The highest BCUT2D eigenvalue weighted by molar-refractivity contribution is 6.30. The third-order valence-electron chi connectivity index (χ3n) is 3.82. The maximum Gasteiger partial charge on any atom is 0.307 e. The van der Waals surface area contributed by atoms with Gasteiger partial charge in [0, 0.05) is 17.6 Å². The first kappa shape index (κ1) is 16.1. The molecular weight excluding hydrogens is 290 g/mol. The molecule has 1 atom stereocenters. The molecule has 0 spiro atoms. The Labute approximate surface area is 131 Å². The number of hydrogen-bond acceptors (Lipinski definition) is 4. The van der Waals surface area contributed by atoms with E-state index in [0.29, 0.717) is 18.1 Å². The molecule has 116 valence electrons. The van der Waals surface area contributed by atoms with Crippen molar-refractivity contribution in [3.63, 3.8) is 0 Å². The number of benzene rings is 1. The molecule has 1 aromatic carbocycles. The number of halogens is 1. The van der Waals surface area contributed by atoms with Gasteiger partial charge in [-0.05, 0) is 37.6 Å². The zero-order valence-corrected chi connectivity index (χ0v) is 13.1. The van der Waals surface area contributed by atoms with Crippen molar-refractivity contribution in [1.82, 2.24) is 4.90 Å². The van der Waals surface area contributed by atoms with E-state index >= 15 is 0 Å². The maximum atomic E-state index is 11.5. The molecule has 0 radical (unpaired) electrons. The molecule has 1 fully saturated rings. The molecule has 1 unspecified atom stereocenters. The SMILES string of the molecule is COC(=O)CC1CCCCN1CCOc1cccc(Cl)c1. The number of rotatable bonds is 6. The zero-order valence-electron chi connectivity index (χ0n) is 12.4. The summed E-state index contributed by atoms with van der Waals surface area (Å²) in [7, 11) is 1.44. The second-order valence-corrected chi connectivity index (χ2v) is 5.71. The first-order valence-corrected chi connectivity index (χ1v) is 7.76. The molecule has 4 nitrogen and oxygen atoms in total.